The zero-order valence-corrected chi connectivity index (χ0v) is 12.3. The van der Waals surface area contributed by atoms with Crippen LogP contribution in [-0.2, 0) is 10.1 Å². The van der Waals surface area contributed by atoms with Gasteiger partial charge in [-0.05, 0) is 24.3 Å². The molecule has 110 valence electrons. The fourth-order valence-electron chi connectivity index (χ4n) is 1.59. The minimum absolute atomic E-state index is 0.185. The molecule has 6 nitrogen and oxygen atoms in total. The van der Waals surface area contributed by atoms with E-state index in [4.69, 9.17) is 0 Å². The lowest BCUT2D eigenvalue weighted by Gasteiger charge is -2.30. The lowest BCUT2D eigenvalue weighted by atomic mass is 10.4. The molecule has 2 rings (SSSR count). The molecule has 20 heavy (non-hydrogen) atoms. The van der Waals surface area contributed by atoms with Gasteiger partial charge in [-0.25, -0.2) is 8.42 Å². The summed E-state index contributed by atoms with van der Waals surface area (Å²) in [5.74, 6) is 0. The van der Waals surface area contributed by atoms with E-state index in [1.54, 1.807) is 6.07 Å². The van der Waals surface area contributed by atoms with Gasteiger partial charge in [0.25, 0.3) is 0 Å². The second-order valence-electron chi connectivity index (χ2n) is 4.04. The van der Waals surface area contributed by atoms with E-state index >= 15 is 0 Å². The van der Waals surface area contributed by atoms with Gasteiger partial charge in [0.2, 0.25) is 0 Å². The number of hydrogen-bond acceptors (Lipinski definition) is 5. The molecule has 2 N–H and O–H groups in total. The van der Waals surface area contributed by atoms with Crippen LogP contribution in [0.5, 0.6) is 0 Å². The molecular weight excluding hydrogens is 278 g/mol. The lowest BCUT2D eigenvalue weighted by molar-refractivity contribution is -0.956. The summed E-state index contributed by atoms with van der Waals surface area (Å²) in [6, 6.07) is 7.19. The lowest BCUT2D eigenvalue weighted by Crippen LogP contribution is -2.60. The molecule has 1 aromatic carbocycles. The Morgan fingerprint density at radius 3 is 2.00 bits per heavy atom. The Hall–Kier alpha value is -1.51. The third-order valence-corrected chi connectivity index (χ3v) is 3.66. The van der Waals surface area contributed by atoms with E-state index < -0.39 is 10.1 Å². The summed E-state index contributed by atoms with van der Waals surface area (Å²) in [4.78, 5) is -0.185. The molecule has 0 amide bonds. The van der Waals surface area contributed by atoms with Crippen LogP contribution in [0.4, 0.5) is 0 Å². The smallest absolute Gasteiger partial charge is 0.138 e. The van der Waals surface area contributed by atoms with Crippen LogP contribution in [0.25, 0.3) is 0 Å². The highest BCUT2D eigenvalue weighted by molar-refractivity contribution is 7.85. The summed E-state index contributed by atoms with van der Waals surface area (Å²) in [5, 5.41) is 0. The fourth-order valence-corrected chi connectivity index (χ4v) is 2.08. The highest BCUT2D eigenvalue weighted by Crippen LogP contribution is 2.05. The fraction of sp³-hybridized carbons (Fsp3) is 0.231. The third-order valence-electron chi connectivity index (χ3n) is 2.81. The van der Waals surface area contributed by atoms with Gasteiger partial charge in [-0.15, -0.1) is 15.6 Å². The number of hydrogen-bond donors (Lipinski definition) is 2. The standard InChI is InChI=1S/C7H14N3.C6H6O3S/c1-8-10(9-2)6-4-3-5-7-10;7-10(8,9)6-4-2-1-3-5-6/h3-6,8-9H,7H2,1-2H3;1-5H,(H,7,8,9)/q+1;/p-1. The maximum Gasteiger partial charge on any atom is 0.138 e. The molecule has 0 unspecified atom stereocenters. The molecule has 1 aliphatic heterocycles. The van der Waals surface area contributed by atoms with E-state index in [1.165, 1.54) is 24.3 Å². The predicted octanol–water partition coefficient (Wildman–Crippen LogP) is 0.746. The maximum absolute atomic E-state index is 10.3. The summed E-state index contributed by atoms with van der Waals surface area (Å²) in [6.07, 6.45) is 8.26. The van der Waals surface area contributed by atoms with Crippen molar-refractivity contribution in [2.45, 2.75) is 4.90 Å². The SMILES string of the molecule is CN[N+]1(NC)C=CC=CC1.O=S(=O)([O-])c1ccccc1. The number of allylic oxidation sites excluding steroid dienone is 2. The van der Waals surface area contributed by atoms with E-state index in [0.29, 0.717) is 4.70 Å². The summed E-state index contributed by atoms with van der Waals surface area (Å²) in [5.41, 5.74) is 6.31. The van der Waals surface area contributed by atoms with Crippen molar-refractivity contribution in [3.05, 3.63) is 54.8 Å². The van der Waals surface area contributed by atoms with E-state index in [-0.39, 0.29) is 4.90 Å². The first kappa shape index (κ1) is 16.5. The molecule has 0 atom stereocenters. The number of rotatable bonds is 3. The second-order valence-corrected chi connectivity index (χ2v) is 5.42. The van der Waals surface area contributed by atoms with E-state index in [9.17, 15) is 13.0 Å². The molecular formula is C13H19N3O3S. The molecule has 1 heterocycles. The minimum atomic E-state index is -4.25. The zero-order valence-electron chi connectivity index (χ0n) is 11.5. The first-order chi connectivity index (χ1) is 9.43. The van der Waals surface area contributed by atoms with Crippen LogP contribution < -0.4 is 10.9 Å². The summed E-state index contributed by atoms with van der Waals surface area (Å²) in [7, 11) is -0.392. The van der Waals surface area contributed by atoms with Crippen molar-refractivity contribution in [2.75, 3.05) is 20.6 Å². The van der Waals surface area contributed by atoms with Crippen LogP contribution in [0.15, 0.2) is 59.7 Å². The van der Waals surface area contributed by atoms with Gasteiger partial charge in [-0.1, -0.05) is 24.3 Å². The highest BCUT2D eigenvalue weighted by Gasteiger charge is 2.20. The van der Waals surface area contributed by atoms with E-state index in [0.717, 1.165) is 6.54 Å². The molecule has 0 saturated carbocycles. The maximum atomic E-state index is 10.3. The molecule has 1 aromatic rings. The summed E-state index contributed by atoms with van der Waals surface area (Å²) in [6.45, 7) is 0.948. The van der Waals surface area contributed by atoms with Crippen LogP contribution in [0.3, 0.4) is 0 Å². The first-order valence-corrected chi connectivity index (χ1v) is 7.45. The molecule has 0 aromatic heterocycles. The molecule has 0 aliphatic carbocycles. The van der Waals surface area contributed by atoms with Crippen molar-refractivity contribution in [1.82, 2.24) is 10.9 Å². The van der Waals surface area contributed by atoms with Gasteiger partial charge >= 0.3 is 0 Å². The Morgan fingerprint density at radius 2 is 1.70 bits per heavy atom. The normalized spacial score (nSPS) is 16.4. The number of benzene rings is 1. The quantitative estimate of drug-likeness (QED) is 0.635. The van der Waals surface area contributed by atoms with Crippen molar-refractivity contribution in [3.8, 4) is 0 Å². The summed E-state index contributed by atoms with van der Waals surface area (Å²) >= 11 is 0. The van der Waals surface area contributed by atoms with Crippen LogP contribution in [-0.4, -0.2) is 38.3 Å². The van der Waals surface area contributed by atoms with Gasteiger partial charge in [0.1, 0.15) is 22.9 Å². The van der Waals surface area contributed by atoms with Crippen molar-refractivity contribution in [2.24, 2.45) is 0 Å². The van der Waals surface area contributed by atoms with Crippen LogP contribution in [0.1, 0.15) is 0 Å². The van der Waals surface area contributed by atoms with Gasteiger partial charge < -0.3 is 4.55 Å². The molecule has 0 fully saturated rings. The Kier molecular flexibility index (Phi) is 6.05. The van der Waals surface area contributed by atoms with E-state index in [1.807, 2.05) is 26.2 Å². The number of nitrogens with one attached hydrogen (secondary N) is 2. The van der Waals surface area contributed by atoms with Crippen LogP contribution in [0.2, 0.25) is 0 Å². The highest BCUT2D eigenvalue weighted by atomic mass is 32.2. The molecule has 0 saturated heterocycles. The van der Waals surface area contributed by atoms with E-state index in [2.05, 4.69) is 23.1 Å². The Bertz CT molecular complexity index is 564. The van der Waals surface area contributed by atoms with Crippen LogP contribution >= 0.6 is 0 Å². The average molecular weight is 297 g/mol. The van der Waals surface area contributed by atoms with Gasteiger partial charge in [0.15, 0.2) is 0 Å². The summed E-state index contributed by atoms with van der Waals surface area (Å²) < 4.78 is 31.5. The van der Waals surface area contributed by atoms with Gasteiger partial charge in [0, 0.05) is 14.1 Å². The molecule has 0 radical (unpaired) electrons. The topological polar surface area (TPSA) is 81.3 Å². The number of quaternary nitrogens is 1. The van der Waals surface area contributed by atoms with Crippen molar-refractivity contribution in [3.63, 3.8) is 0 Å². The number of nitrogens with zero attached hydrogens (tertiary/aromatic N) is 1. The van der Waals surface area contributed by atoms with Crippen molar-refractivity contribution >= 4 is 10.1 Å². The van der Waals surface area contributed by atoms with Crippen molar-refractivity contribution < 1.29 is 17.7 Å². The van der Waals surface area contributed by atoms with Crippen molar-refractivity contribution in [1.29, 1.82) is 0 Å². The predicted molar refractivity (Wildman–Crippen MR) is 75.9 cm³/mol. The zero-order chi connectivity index (χ0) is 15.1. The van der Waals surface area contributed by atoms with Crippen LogP contribution in [0, 0.1) is 0 Å². The minimum Gasteiger partial charge on any atom is -0.744 e. The Balaban J connectivity index is 0.000000200. The molecule has 7 heteroatoms. The average Bonchev–Trinajstić information content (AvgIpc) is 2.49. The van der Waals surface area contributed by atoms with Gasteiger partial charge in [-0.2, -0.15) is 0 Å². The Morgan fingerprint density at radius 1 is 1.10 bits per heavy atom. The molecule has 0 spiro atoms. The largest absolute Gasteiger partial charge is 0.744 e. The van der Waals surface area contributed by atoms with Gasteiger partial charge in [-0.3, -0.25) is 0 Å². The second kappa shape index (κ2) is 7.32. The first-order valence-electron chi connectivity index (χ1n) is 6.04. The molecule has 1 aliphatic rings. The monoisotopic (exact) mass is 297 g/mol. The molecule has 0 bridgehead atoms. The Labute approximate surface area is 119 Å². The third kappa shape index (κ3) is 4.87. The van der Waals surface area contributed by atoms with Gasteiger partial charge in [0.05, 0.1) is 4.90 Å².